The van der Waals surface area contributed by atoms with Crippen LogP contribution in [0.5, 0.6) is 11.5 Å². The van der Waals surface area contributed by atoms with Gasteiger partial charge in [-0.1, -0.05) is 41.4 Å². The summed E-state index contributed by atoms with van der Waals surface area (Å²) in [7, 11) is 1.52. The summed E-state index contributed by atoms with van der Waals surface area (Å²) in [5, 5.41) is 21.6. The first-order valence-electron chi connectivity index (χ1n) is 9.13. The number of non-ortho nitro benzene ring substituents is 1. The Hall–Kier alpha value is -2.80. The average Bonchev–Trinajstić information content (AvgIpc) is 2.78. The van der Waals surface area contributed by atoms with E-state index in [1.54, 1.807) is 36.4 Å². The summed E-state index contributed by atoms with van der Waals surface area (Å²) in [6, 6.07) is 16.9. The van der Waals surface area contributed by atoms with Crippen molar-refractivity contribution in [3.8, 4) is 17.6 Å². The summed E-state index contributed by atoms with van der Waals surface area (Å²) in [5.74, 6) is 1.03. The van der Waals surface area contributed by atoms with E-state index < -0.39 is 4.92 Å². The maximum atomic E-state index is 11.0. The van der Waals surface area contributed by atoms with Gasteiger partial charge in [0.2, 0.25) is 0 Å². The highest BCUT2D eigenvalue weighted by atomic mass is 127. The molecule has 0 aliphatic rings. The molecule has 0 aliphatic carbocycles. The van der Waals surface area contributed by atoms with E-state index >= 15 is 0 Å². The van der Waals surface area contributed by atoms with Gasteiger partial charge in [0.05, 0.1) is 37.3 Å². The fraction of sp³-hybridized carbons (Fsp3) is 0.0870. The van der Waals surface area contributed by atoms with E-state index in [1.165, 1.54) is 19.2 Å². The quantitative estimate of drug-likeness (QED) is 0.0973. The van der Waals surface area contributed by atoms with Crippen molar-refractivity contribution in [3.05, 3.63) is 95.0 Å². The van der Waals surface area contributed by atoms with Gasteiger partial charge in [-0.2, -0.15) is 5.26 Å². The molecule has 3 rings (SSSR count). The lowest BCUT2D eigenvalue weighted by molar-refractivity contribution is -0.384. The summed E-state index contributed by atoms with van der Waals surface area (Å²) in [6.07, 6.45) is 1.65. The van der Waals surface area contributed by atoms with Crippen LogP contribution in [0.15, 0.2) is 54.6 Å². The van der Waals surface area contributed by atoms with Crippen LogP contribution in [0.3, 0.4) is 0 Å². The van der Waals surface area contributed by atoms with Crippen molar-refractivity contribution in [2.24, 2.45) is 0 Å². The Bertz CT molecular complexity index is 1260. The summed E-state index contributed by atoms with van der Waals surface area (Å²) < 4.78 is 12.2. The standard InChI is InChI=1S/C23H15Cl2IN2O4/c1-31-22-10-15(7-17(12-27)16-3-2-4-18(11-16)28(29)30)9-21(26)23(22)32-13-14-5-6-19(24)20(25)8-14/h2-11H,13H2,1H3/b17-7-. The average molecular weight is 581 g/mol. The molecule has 0 aromatic heterocycles. The number of methoxy groups -OCH3 is 1. The lowest BCUT2D eigenvalue weighted by Gasteiger charge is -2.14. The molecule has 0 saturated heterocycles. The van der Waals surface area contributed by atoms with Crippen LogP contribution >= 0.6 is 45.8 Å². The molecule has 0 aliphatic heterocycles. The molecule has 0 fully saturated rings. The zero-order chi connectivity index (χ0) is 23.3. The second-order valence-corrected chi connectivity index (χ2v) is 8.53. The SMILES string of the molecule is COc1cc(/C=C(/C#N)c2cccc([N+](=O)[O-])c2)cc(I)c1OCc1ccc(Cl)c(Cl)c1. The molecule has 3 aromatic carbocycles. The molecule has 0 N–H and O–H groups in total. The predicted molar refractivity (Wildman–Crippen MR) is 133 cm³/mol. The highest BCUT2D eigenvalue weighted by Crippen LogP contribution is 2.36. The van der Waals surface area contributed by atoms with Crippen LogP contribution in [0.4, 0.5) is 5.69 Å². The van der Waals surface area contributed by atoms with E-state index in [2.05, 4.69) is 28.7 Å². The van der Waals surface area contributed by atoms with E-state index in [-0.39, 0.29) is 17.9 Å². The predicted octanol–water partition coefficient (Wildman–Crippen LogP) is 7.16. The normalized spacial score (nSPS) is 11.0. The monoisotopic (exact) mass is 580 g/mol. The number of nitrogens with zero attached hydrogens (tertiary/aromatic N) is 2. The van der Waals surface area contributed by atoms with Crippen molar-refractivity contribution >= 4 is 63.1 Å². The third-order valence-electron chi connectivity index (χ3n) is 4.42. The molecule has 9 heteroatoms. The van der Waals surface area contributed by atoms with Crippen molar-refractivity contribution in [2.75, 3.05) is 7.11 Å². The summed E-state index contributed by atoms with van der Waals surface area (Å²) in [6.45, 7) is 0.259. The van der Waals surface area contributed by atoms with Gasteiger partial charge >= 0.3 is 0 Å². The molecule has 0 heterocycles. The molecule has 0 bridgehead atoms. The van der Waals surface area contributed by atoms with E-state index in [0.29, 0.717) is 32.7 Å². The molecule has 0 spiro atoms. The molecular weight excluding hydrogens is 566 g/mol. The second-order valence-electron chi connectivity index (χ2n) is 6.55. The second kappa shape index (κ2) is 10.7. The van der Waals surface area contributed by atoms with Gasteiger partial charge in [-0.15, -0.1) is 0 Å². The molecule has 0 amide bonds. The Kier molecular flexibility index (Phi) is 7.96. The lowest BCUT2D eigenvalue weighted by atomic mass is 10.0. The number of hydrogen-bond acceptors (Lipinski definition) is 5. The fourth-order valence-electron chi connectivity index (χ4n) is 2.88. The minimum atomic E-state index is -0.496. The Morgan fingerprint density at radius 3 is 2.62 bits per heavy atom. The van der Waals surface area contributed by atoms with Gasteiger partial charge in [-0.05, 0) is 69.6 Å². The van der Waals surface area contributed by atoms with Crippen molar-refractivity contribution < 1.29 is 14.4 Å². The molecule has 0 atom stereocenters. The first-order valence-corrected chi connectivity index (χ1v) is 11.0. The van der Waals surface area contributed by atoms with Crippen LogP contribution in [0.25, 0.3) is 11.6 Å². The number of nitro groups is 1. The van der Waals surface area contributed by atoms with Gasteiger partial charge in [0.15, 0.2) is 11.5 Å². The van der Waals surface area contributed by atoms with Crippen molar-refractivity contribution in [1.29, 1.82) is 5.26 Å². The number of rotatable bonds is 7. The van der Waals surface area contributed by atoms with Gasteiger partial charge in [0.25, 0.3) is 5.69 Å². The molecule has 0 unspecified atom stereocenters. The Morgan fingerprint density at radius 1 is 1.19 bits per heavy atom. The number of nitro benzene ring substituents is 1. The number of nitriles is 1. The number of hydrogen-bond donors (Lipinski definition) is 0. The number of halogens is 3. The summed E-state index contributed by atoms with van der Waals surface area (Å²) in [5.41, 5.74) is 2.20. The molecule has 162 valence electrons. The third-order valence-corrected chi connectivity index (χ3v) is 5.96. The number of allylic oxidation sites excluding steroid dienone is 1. The molecule has 0 saturated carbocycles. The Morgan fingerprint density at radius 2 is 1.97 bits per heavy atom. The smallest absolute Gasteiger partial charge is 0.270 e. The van der Waals surface area contributed by atoms with E-state index in [0.717, 1.165) is 9.13 Å². The van der Waals surface area contributed by atoms with Crippen molar-refractivity contribution in [1.82, 2.24) is 0 Å². The highest BCUT2D eigenvalue weighted by Gasteiger charge is 2.14. The molecule has 6 nitrogen and oxygen atoms in total. The zero-order valence-corrected chi connectivity index (χ0v) is 20.3. The number of benzene rings is 3. The Labute approximate surface area is 208 Å². The molecule has 3 aromatic rings. The summed E-state index contributed by atoms with van der Waals surface area (Å²) in [4.78, 5) is 10.5. The van der Waals surface area contributed by atoms with Crippen molar-refractivity contribution in [3.63, 3.8) is 0 Å². The van der Waals surface area contributed by atoms with Gasteiger partial charge in [0, 0.05) is 12.1 Å². The summed E-state index contributed by atoms with van der Waals surface area (Å²) >= 11 is 14.1. The van der Waals surface area contributed by atoms with Crippen LogP contribution < -0.4 is 9.47 Å². The first kappa shape index (κ1) is 23.9. The topological polar surface area (TPSA) is 85.4 Å². The van der Waals surface area contributed by atoms with Crippen LogP contribution in [0, 0.1) is 25.0 Å². The van der Waals surface area contributed by atoms with Gasteiger partial charge in [-0.3, -0.25) is 10.1 Å². The van der Waals surface area contributed by atoms with Crippen LogP contribution in [0.2, 0.25) is 10.0 Å². The molecule has 0 radical (unpaired) electrons. The molecular formula is C23H15Cl2IN2O4. The first-order chi connectivity index (χ1) is 15.3. The molecule has 32 heavy (non-hydrogen) atoms. The third kappa shape index (κ3) is 5.71. The maximum absolute atomic E-state index is 11.0. The van der Waals surface area contributed by atoms with Crippen molar-refractivity contribution in [2.45, 2.75) is 6.61 Å². The lowest BCUT2D eigenvalue weighted by Crippen LogP contribution is -2.00. The van der Waals surface area contributed by atoms with E-state index in [1.807, 2.05) is 12.1 Å². The minimum Gasteiger partial charge on any atom is -0.493 e. The highest BCUT2D eigenvalue weighted by molar-refractivity contribution is 14.1. The zero-order valence-electron chi connectivity index (χ0n) is 16.6. The largest absolute Gasteiger partial charge is 0.493 e. The van der Waals surface area contributed by atoms with Crippen LogP contribution in [0.1, 0.15) is 16.7 Å². The van der Waals surface area contributed by atoms with Crippen LogP contribution in [-0.4, -0.2) is 12.0 Å². The fourth-order valence-corrected chi connectivity index (χ4v) is 3.98. The minimum absolute atomic E-state index is 0.0816. The van der Waals surface area contributed by atoms with Gasteiger partial charge in [0.1, 0.15) is 6.61 Å². The van der Waals surface area contributed by atoms with E-state index in [4.69, 9.17) is 32.7 Å². The van der Waals surface area contributed by atoms with Gasteiger partial charge < -0.3 is 9.47 Å². The van der Waals surface area contributed by atoms with Crippen LogP contribution in [-0.2, 0) is 6.61 Å². The van der Waals surface area contributed by atoms with Gasteiger partial charge in [-0.25, -0.2) is 0 Å². The van der Waals surface area contributed by atoms with E-state index in [9.17, 15) is 15.4 Å². The maximum Gasteiger partial charge on any atom is 0.270 e. The Balaban J connectivity index is 1.91. The number of ether oxygens (including phenoxy) is 2.